The van der Waals surface area contributed by atoms with Crippen molar-refractivity contribution in [3.8, 4) is 11.4 Å². The molecule has 0 aliphatic carbocycles. The van der Waals surface area contributed by atoms with E-state index in [0.29, 0.717) is 0 Å². The summed E-state index contributed by atoms with van der Waals surface area (Å²) in [7, 11) is 1.64. The van der Waals surface area contributed by atoms with Crippen molar-refractivity contribution in [3.05, 3.63) is 66.0 Å². The number of aromatic nitrogens is 2. The molecule has 26 heavy (non-hydrogen) atoms. The maximum Gasteiger partial charge on any atom is 0.234 e. The van der Waals surface area contributed by atoms with Gasteiger partial charge in [0.15, 0.2) is 5.16 Å². The molecule has 6 heteroatoms. The van der Waals surface area contributed by atoms with Crippen LogP contribution in [0.3, 0.4) is 0 Å². The van der Waals surface area contributed by atoms with Gasteiger partial charge in [-0.15, -0.1) is 0 Å². The number of benzene rings is 2. The van der Waals surface area contributed by atoms with E-state index in [9.17, 15) is 4.79 Å². The van der Waals surface area contributed by atoms with E-state index in [2.05, 4.69) is 16.4 Å². The van der Waals surface area contributed by atoms with Crippen molar-refractivity contribution >= 4 is 23.4 Å². The van der Waals surface area contributed by atoms with Gasteiger partial charge < -0.3 is 10.1 Å². The third-order valence-electron chi connectivity index (χ3n) is 3.78. The molecule has 0 aliphatic rings. The molecule has 2 aromatic carbocycles. The molecule has 1 N–H and O–H groups in total. The lowest BCUT2D eigenvalue weighted by atomic mass is 10.1. The first-order chi connectivity index (χ1) is 12.5. The van der Waals surface area contributed by atoms with Gasteiger partial charge in [0.2, 0.25) is 5.91 Å². The van der Waals surface area contributed by atoms with Crippen LogP contribution >= 0.6 is 11.8 Å². The number of methoxy groups -OCH3 is 1. The molecule has 0 spiro atoms. The lowest BCUT2D eigenvalue weighted by molar-refractivity contribution is -0.113. The minimum absolute atomic E-state index is 0.0554. The summed E-state index contributed by atoms with van der Waals surface area (Å²) in [4.78, 5) is 16.6. The van der Waals surface area contributed by atoms with E-state index in [1.165, 1.54) is 11.8 Å². The summed E-state index contributed by atoms with van der Waals surface area (Å²) < 4.78 is 7.21. The fourth-order valence-electron chi connectivity index (χ4n) is 2.73. The first-order valence-corrected chi connectivity index (χ1v) is 9.22. The van der Waals surface area contributed by atoms with Crippen LogP contribution in [-0.4, -0.2) is 28.3 Å². The van der Waals surface area contributed by atoms with E-state index in [4.69, 9.17) is 4.74 Å². The highest BCUT2D eigenvalue weighted by molar-refractivity contribution is 7.99. The molecule has 0 saturated carbocycles. The molecule has 1 aromatic heterocycles. The number of carbonyl (C=O) groups excluding carboxylic acids is 1. The molecule has 0 unspecified atom stereocenters. The molecule has 5 nitrogen and oxygen atoms in total. The third kappa shape index (κ3) is 4.46. The molecular weight excluding hydrogens is 346 g/mol. The van der Waals surface area contributed by atoms with Crippen LogP contribution < -0.4 is 10.1 Å². The number of hydrogen-bond acceptors (Lipinski definition) is 4. The summed E-state index contributed by atoms with van der Waals surface area (Å²) in [6.07, 6.45) is 3.60. The number of rotatable bonds is 6. The smallest absolute Gasteiger partial charge is 0.234 e. The van der Waals surface area contributed by atoms with E-state index < -0.39 is 0 Å². The monoisotopic (exact) mass is 367 g/mol. The standard InChI is InChI=1S/C20H21N3O2S/c1-14-9-15(2)11-16(10-14)22-19(24)13-26-20-21-7-8-23(20)17-5-4-6-18(12-17)25-3/h4-12H,13H2,1-3H3,(H,22,24). The minimum Gasteiger partial charge on any atom is -0.497 e. The average Bonchev–Trinajstić information content (AvgIpc) is 3.07. The van der Waals surface area contributed by atoms with Gasteiger partial charge in [-0.3, -0.25) is 9.36 Å². The topological polar surface area (TPSA) is 56.2 Å². The summed E-state index contributed by atoms with van der Waals surface area (Å²) in [5.41, 5.74) is 4.02. The maximum atomic E-state index is 12.3. The van der Waals surface area contributed by atoms with E-state index in [1.54, 1.807) is 13.3 Å². The van der Waals surface area contributed by atoms with E-state index in [-0.39, 0.29) is 11.7 Å². The summed E-state index contributed by atoms with van der Waals surface area (Å²) in [5, 5.41) is 3.70. The number of nitrogens with zero attached hydrogens (tertiary/aromatic N) is 2. The van der Waals surface area contributed by atoms with Crippen molar-refractivity contribution in [2.24, 2.45) is 0 Å². The largest absolute Gasteiger partial charge is 0.497 e. The van der Waals surface area contributed by atoms with Crippen molar-refractivity contribution < 1.29 is 9.53 Å². The van der Waals surface area contributed by atoms with Gasteiger partial charge in [0.25, 0.3) is 0 Å². The first-order valence-electron chi connectivity index (χ1n) is 8.24. The normalized spacial score (nSPS) is 10.6. The summed E-state index contributed by atoms with van der Waals surface area (Å²) in [5.74, 6) is 1.01. The van der Waals surface area contributed by atoms with Crippen LogP contribution in [0.2, 0.25) is 0 Å². The fourth-order valence-corrected chi connectivity index (χ4v) is 3.50. The van der Waals surface area contributed by atoms with Gasteiger partial charge in [-0.1, -0.05) is 23.9 Å². The van der Waals surface area contributed by atoms with Gasteiger partial charge in [-0.2, -0.15) is 0 Å². The summed E-state index contributed by atoms with van der Waals surface area (Å²) >= 11 is 1.40. The van der Waals surface area contributed by atoms with Gasteiger partial charge in [-0.05, 0) is 49.2 Å². The van der Waals surface area contributed by atoms with Gasteiger partial charge in [0, 0.05) is 24.1 Å². The molecule has 0 saturated heterocycles. The van der Waals surface area contributed by atoms with Crippen LogP contribution in [0.4, 0.5) is 5.69 Å². The number of nitrogens with one attached hydrogen (secondary N) is 1. The maximum absolute atomic E-state index is 12.3. The zero-order valence-electron chi connectivity index (χ0n) is 15.0. The van der Waals surface area contributed by atoms with Crippen LogP contribution in [0, 0.1) is 13.8 Å². The Labute approximate surface area is 157 Å². The molecule has 3 rings (SSSR count). The number of hydrogen-bond donors (Lipinski definition) is 1. The predicted octanol–water partition coefficient (Wildman–Crippen LogP) is 4.23. The molecule has 1 heterocycles. The molecule has 134 valence electrons. The highest BCUT2D eigenvalue weighted by Crippen LogP contribution is 2.23. The number of imidazole rings is 1. The van der Waals surface area contributed by atoms with E-state index in [0.717, 1.165) is 33.4 Å². The van der Waals surface area contributed by atoms with E-state index >= 15 is 0 Å². The number of ether oxygens (including phenoxy) is 1. The summed E-state index contributed by atoms with van der Waals surface area (Å²) in [6.45, 7) is 4.03. The second kappa shape index (κ2) is 8.10. The molecule has 0 atom stereocenters. The number of amides is 1. The SMILES string of the molecule is COc1cccc(-n2ccnc2SCC(=O)Nc2cc(C)cc(C)c2)c1. The second-order valence-electron chi connectivity index (χ2n) is 5.99. The number of thioether (sulfide) groups is 1. The Hall–Kier alpha value is -2.73. The highest BCUT2D eigenvalue weighted by Gasteiger charge is 2.10. The Balaban J connectivity index is 1.67. The molecule has 0 fully saturated rings. The third-order valence-corrected chi connectivity index (χ3v) is 4.74. The van der Waals surface area contributed by atoms with Crippen molar-refractivity contribution in [2.75, 3.05) is 18.2 Å². The molecule has 3 aromatic rings. The van der Waals surface area contributed by atoms with E-state index in [1.807, 2.05) is 61.0 Å². The van der Waals surface area contributed by atoms with Gasteiger partial charge in [-0.25, -0.2) is 4.98 Å². The molecule has 0 aliphatic heterocycles. The molecule has 1 amide bonds. The first kappa shape index (κ1) is 18.1. The average molecular weight is 367 g/mol. The zero-order chi connectivity index (χ0) is 18.5. The van der Waals surface area contributed by atoms with Crippen LogP contribution in [0.5, 0.6) is 5.75 Å². The van der Waals surface area contributed by atoms with Crippen molar-refractivity contribution in [2.45, 2.75) is 19.0 Å². The Morgan fingerprint density at radius 3 is 2.69 bits per heavy atom. The van der Waals surface area contributed by atoms with Gasteiger partial charge in [0.05, 0.1) is 18.6 Å². The Morgan fingerprint density at radius 2 is 1.96 bits per heavy atom. The molecular formula is C20H21N3O2S. The van der Waals surface area contributed by atoms with Crippen LogP contribution in [0.15, 0.2) is 60.0 Å². The van der Waals surface area contributed by atoms with Crippen molar-refractivity contribution in [3.63, 3.8) is 0 Å². The lowest BCUT2D eigenvalue weighted by Crippen LogP contribution is -2.14. The summed E-state index contributed by atoms with van der Waals surface area (Å²) in [6, 6.07) is 13.7. The fraction of sp³-hybridized carbons (Fsp3) is 0.200. The number of carbonyl (C=O) groups is 1. The van der Waals surface area contributed by atoms with Gasteiger partial charge in [0.1, 0.15) is 5.75 Å². The van der Waals surface area contributed by atoms with Crippen molar-refractivity contribution in [1.82, 2.24) is 9.55 Å². The van der Waals surface area contributed by atoms with Crippen LogP contribution in [0.1, 0.15) is 11.1 Å². The lowest BCUT2D eigenvalue weighted by Gasteiger charge is -2.10. The quantitative estimate of drug-likeness (QED) is 0.663. The Kier molecular flexibility index (Phi) is 5.63. The Bertz CT molecular complexity index is 901. The Morgan fingerprint density at radius 1 is 1.19 bits per heavy atom. The molecule has 0 bridgehead atoms. The van der Waals surface area contributed by atoms with Crippen LogP contribution in [0.25, 0.3) is 5.69 Å². The minimum atomic E-state index is -0.0554. The predicted molar refractivity (Wildman–Crippen MR) is 105 cm³/mol. The van der Waals surface area contributed by atoms with Crippen molar-refractivity contribution in [1.29, 1.82) is 0 Å². The second-order valence-corrected chi connectivity index (χ2v) is 6.94. The highest BCUT2D eigenvalue weighted by atomic mass is 32.2. The number of anilines is 1. The van der Waals surface area contributed by atoms with Crippen LogP contribution in [-0.2, 0) is 4.79 Å². The number of aryl methyl sites for hydroxylation is 2. The van der Waals surface area contributed by atoms with Gasteiger partial charge >= 0.3 is 0 Å². The molecule has 0 radical (unpaired) electrons. The zero-order valence-corrected chi connectivity index (χ0v) is 15.8.